The number of halogens is 1. The summed E-state index contributed by atoms with van der Waals surface area (Å²) in [5.74, 6) is 0.467. The van der Waals surface area contributed by atoms with E-state index < -0.39 is 6.04 Å². The number of carbonyl (C=O) groups is 1. The molecule has 1 atom stereocenters. The van der Waals surface area contributed by atoms with Gasteiger partial charge in [-0.2, -0.15) is 0 Å². The van der Waals surface area contributed by atoms with Gasteiger partial charge in [0.05, 0.1) is 18.7 Å². The monoisotopic (exact) mass is 271 g/mol. The highest BCUT2D eigenvalue weighted by Crippen LogP contribution is 2.31. The number of ether oxygens (including phenoxy) is 1. The fourth-order valence-corrected chi connectivity index (χ4v) is 1.89. The van der Waals surface area contributed by atoms with Crippen molar-refractivity contribution in [2.75, 3.05) is 7.11 Å². The topological polar surface area (TPSA) is 52.3 Å². The number of hydrogen-bond acceptors (Lipinski definition) is 3. The second-order valence-corrected chi connectivity index (χ2v) is 4.28. The van der Waals surface area contributed by atoms with E-state index in [1.165, 1.54) is 0 Å². The third kappa shape index (κ3) is 2.38. The van der Waals surface area contributed by atoms with Gasteiger partial charge in [-0.15, -0.1) is 0 Å². The van der Waals surface area contributed by atoms with Crippen LogP contribution in [0.2, 0.25) is 0 Å². The second-order valence-electron chi connectivity index (χ2n) is 3.43. The molecule has 1 aromatic rings. The number of carbonyl (C=O) groups excluding carboxylic acids is 1. The van der Waals surface area contributed by atoms with Gasteiger partial charge in [0, 0.05) is 4.47 Å². The molecule has 2 N–H and O–H groups in total. The summed E-state index contributed by atoms with van der Waals surface area (Å²) in [6.07, 6.45) is 0. The third-order valence-corrected chi connectivity index (χ3v) is 2.83. The molecule has 1 aromatic carbocycles. The molecule has 0 bridgehead atoms. The number of hydrogen-bond donors (Lipinski definition) is 1. The van der Waals surface area contributed by atoms with E-state index in [0.29, 0.717) is 15.8 Å². The molecule has 1 rings (SSSR count). The van der Waals surface area contributed by atoms with Crippen molar-refractivity contribution in [2.45, 2.75) is 19.9 Å². The standard InChI is InChI=1S/C11H14BrNO2/c1-6-4-5-8(12)9(11(6)15-3)10(14)7(2)13/h4-5,7H,13H2,1-3H3. The van der Waals surface area contributed by atoms with E-state index in [2.05, 4.69) is 15.9 Å². The highest BCUT2D eigenvalue weighted by atomic mass is 79.9. The van der Waals surface area contributed by atoms with Gasteiger partial charge in [-0.1, -0.05) is 6.07 Å². The maximum absolute atomic E-state index is 11.9. The van der Waals surface area contributed by atoms with Crippen molar-refractivity contribution in [2.24, 2.45) is 5.73 Å². The van der Waals surface area contributed by atoms with E-state index in [9.17, 15) is 4.79 Å². The van der Waals surface area contributed by atoms with E-state index in [0.717, 1.165) is 5.56 Å². The normalized spacial score (nSPS) is 12.3. The van der Waals surface area contributed by atoms with Gasteiger partial charge >= 0.3 is 0 Å². The lowest BCUT2D eigenvalue weighted by molar-refractivity contribution is 0.0964. The van der Waals surface area contributed by atoms with E-state index >= 15 is 0 Å². The Balaban J connectivity index is 3.37. The molecule has 0 heterocycles. The smallest absolute Gasteiger partial charge is 0.184 e. The number of aryl methyl sites for hydroxylation is 1. The average Bonchev–Trinajstić information content (AvgIpc) is 2.19. The summed E-state index contributed by atoms with van der Waals surface area (Å²) in [7, 11) is 1.55. The van der Waals surface area contributed by atoms with Gasteiger partial charge in [-0.3, -0.25) is 4.79 Å². The van der Waals surface area contributed by atoms with Gasteiger partial charge in [0.25, 0.3) is 0 Å². The first-order chi connectivity index (χ1) is 6.99. The minimum atomic E-state index is -0.531. The quantitative estimate of drug-likeness (QED) is 0.859. The lowest BCUT2D eigenvalue weighted by Gasteiger charge is -2.13. The minimum Gasteiger partial charge on any atom is -0.496 e. The summed E-state index contributed by atoms with van der Waals surface area (Å²) in [6, 6.07) is 3.19. The van der Waals surface area contributed by atoms with Crippen LogP contribution in [0, 0.1) is 6.92 Å². The van der Waals surface area contributed by atoms with Crippen molar-refractivity contribution in [3.05, 3.63) is 27.7 Å². The predicted octanol–water partition coefficient (Wildman–Crippen LogP) is 2.30. The first kappa shape index (κ1) is 12.2. The van der Waals surface area contributed by atoms with Gasteiger partial charge in [0.2, 0.25) is 0 Å². The van der Waals surface area contributed by atoms with Gasteiger partial charge < -0.3 is 10.5 Å². The summed E-state index contributed by atoms with van der Waals surface area (Å²) in [5.41, 5.74) is 7.03. The Morgan fingerprint density at radius 1 is 1.53 bits per heavy atom. The Morgan fingerprint density at radius 2 is 2.13 bits per heavy atom. The Morgan fingerprint density at radius 3 is 2.60 bits per heavy atom. The number of ketones is 1. The van der Waals surface area contributed by atoms with E-state index in [1.54, 1.807) is 14.0 Å². The lowest BCUT2D eigenvalue weighted by atomic mass is 10.0. The fourth-order valence-electron chi connectivity index (χ4n) is 1.38. The largest absolute Gasteiger partial charge is 0.496 e. The van der Waals surface area contributed by atoms with Crippen LogP contribution in [-0.4, -0.2) is 18.9 Å². The molecule has 0 aliphatic carbocycles. The molecule has 0 aliphatic heterocycles. The average molecular weight is 272 g/mol. The van der Waals surface area contributed by atoms with Gasteiger partial charge in [0.15, 0.2) is 5.78 Å². The van der Waals surface area contributed by atoms with E-state index in [1.807, 2.05) is 19.1 Å². The molecule has 4 heteroatoms. The van der Waals surface area contributed by atoms with E-state index in [4.69, 9.17) is 10.5 Å². The van der Waals surface area contributed by atoms with Gasteiger partial charge in [-0.05, 0) is 41.4 Å². The number of methoxy groups -OCH3 is 1. The zero-order chi connectivity index (χ0) is 11.6. The predicted molar refractivity (Wildman–Crippen MR) is 63.4 cm³/mol. The van der Waals surface area contributed by atoms with Gasteiger partial charge in [0.1, 0.15) is 5.75 Å². The SMILES string of the molecule is COc1c(C)ccc(Br)c1C(=O)C(C)N. The molecule has 82 valence electrons. The summed E-state index contributed by atoms with van der Waals surface area (Å²) in [5, 5.41) is 0. The molecular weight excluding hydrogens is 258 g/mol. The molecule has 0 aliphatic rings. The highest BCUT2D eigenvalue weighted by molar-refractivity contribution is 9.10. The van der Waals surface area contributed by atoms with Crippen LogP contribution in [0.4, 0.5) is 0 Å². The Hall–Kier alpha value is -0.870. The number of nitrogens with two attached hydrogens (primary N) is 1. The van der Waals surface area contributed by atoms with Crippen LogP contribution in [0.3, 0.4) is 0 Å². The van der Waals surface area contributed by atoms with Crippen molar-refractivity contribution in [1.29, 1.82) is 0 Å². The lowest BCUT2D eigenvalue weighted by Crippen LogP contribution is -2.27. The Bertz CT molecular complexity index is 388. The molecule has 0 saturated carbocycles. The van der Waals surface area contributed by atoms with Crippen LogP contribution in [0.15, 0.2) is 16.6 Å². The number of benzene rings is 1. The molecule has 0 saturated heterocycles. The maximum Gasteiger partial charge on any atom is 0.184 e. The molecule has 0 spiro atoms. The molecule has 15 heavy (non-hydrogen) atoms. The molecule has 3 nitrogen and oxygen atoms in total. The van der Waals surface area contributed by atoms with Crippen LogP contribution >= 0.6 is 15.9 Å². The minimum absolute atomic E-state index is 0.123. The molecule has 1 unspecified atom stereocenters. The zero-order valence-electron chi connectivity index (χ0n) is 9.00. The van der Waals surface area contributed by atoms with Crippen molar-refractivity contribution < 1.29 is 9.53 Å². The Kier molecular flexibility index (Phi) is 3.88. The van der Waals surface area contributed by atoms with Crippen molar-refractivity contribution >= 4 is 21.7 Å². The summed E-state index contributed by atoms with van der Waals surface area (Å²) in [6.45, 7) is 3.56. The molecular formula is C11H14BrNO2. The third-order valence-electron chi connectivity index (χ3n) is 2.17. The van der Waals surface area contributed by atoms with Crippen LogP contribution < -0.4 is 10.5 Å². The summed E-state index contributed by atoms with van der Waals surface area (Å²) >= 11 is 3.33. The molecule has 0 aromatic heterocycles. The number of rotatable bonds is 3. The molecule has 0 fully saturated rings. The van der Waals surface area contributed by atoms with Crippen molar-refractivity contribution in [3.63, 3.8) is 0 Å². The first-order valence-electron chi connectivity index (χ1n) is 4.62. The first-order valence-corrected chi connectivity index (χ1v) is 5.41. The summed E-state index contributed by atoms with van der Waals surface area (Å²) < 4.78 is 5.94. The zero-order valence-corrected chi connectivity index (χ0v) is 10.6. The van der Waals surface area contributed by atoms with Crippen LogP contribution in [0.25, 0.3) is 0 Å². The molecule has 0 radical (unpaired) electrons. The molecule has 0 amide bonds. The van der Waals surface area contributed by atoms with Crippen molar-refractivity contribution in [3.8, 4) is 5.75 Å². The highest BCUT2D eigenvalue weighted by Gasteiger charge is 2.20. The fraction of sp³-hybridized carbons (Fsp3) is 0.364. The van der Waals surface area contributed by atoms with Crippen LogP contribution in [0.1, 0.15) is 22.8 Å². The summed E-state index contributed by atoms with van der Waals surface area (Å²) in [4.78, 5) is 11.9. The van der Waals surface area contributed by atoms with Crippen LogP contribution in [-0.2, 0) is 0 Å². The number of Topliss-reactive ketones (excluding diaryl/α,β-unsaturated/α-hetero) is 1. The second kappa shape index (κ2) is 4.77. The van der Waals surface area contributed by atoms with Gasteiger partial charge in [-0.25, -0.2) is 0 Å². The van der Waals surface area contributed by atoms with E-state index in [-0.39, 0.29) is 5.78 Å². The maximum atomic E-state index is 11.9. The Labute approximate surface area is 97.7 Å². The van der Waals surface area contributed by atoms with Crippen LogP contribution in [0.5, 0.6) is 5.75 Å². The van der Waals surface area contributed by atoms with Crippen molar-refractivity contribution in [1.82, 2.24) is 0 Å².